The second-order valence-corrected chi connectivity index (χ2v) is 6.75. The van der Waals surface area contributed by atoms with Crippen molar-refractivity contribution in [1.29, 1.82) is 0 Å². The lowest BCUT2D eigenvalue weighted by Crippen LogP contribution is -3.11. The molecule has 0 aliphatic carbocycles. The van der Waals surface area contributed by atoms with E-state index in [9.17, 15) is 4.79 Å². The number of aromatic nitrogens is 1. The molecule has 122 valence electrons. The van der Waals surface area contributed by atoms with Crippen molar-refractivity contribution in [1.82, 2.24) is 4.57 Å². The zero-order valence-electron chi connectivity index (χ0n) is 14.2. The molecule has 1 fully saturated rings. The van der Waals surface area contributed by atoms with E-state index in [0.717, 1.165) is 18.7 Å². The number of anilines is 1. The first-order valence-electron chi connectivity index (χ1n) is 8.37. The molecule has 2 N–H and O–H groups in total. The number of benzene rings is 1. The fourth-order valence-corrected chi connectivity index (χ4v) is 3.77. The largest absolute Gasteiger partial charge is 0.350 e. The summed E-state index contributed by atoms with van der Waals surface area (Å²) in [5.74, 6) is 0.103. The molecule has 3 rings (SSSR count). The van der Waals surface area contributed by atoms with Crippen LogP contribution in [0.3, 0.4) is 0 Å². The lowest BCUT2D eigenvalue weighted by molar-refractivity contribution is -0.910. The van der Waals surface area contributed by atoms with Gasteiger partial charge in [-0.25, -0.2) is 0 Å². The standard InChI is InChI=1S/C19H25N3O/c1-14-10-15(2)12-16(11-14)20-19(23)13-22-9-5-7-18(22)17-6-4-8-21(17)3/h4,6,8,10-12,18H,5,7,9,13H2,1-3H3,(H,20,23)/p+1/t18-/m0/s1. The maximum atomic E-state index is 12.5. The number of amides is 1. The molecule has 0 spiro atoms. The van der Waals surface area contributed by atoms with Crippen molar-refractivity contribution in [3.63, 3.8) is 0 Å². The van der Waals surface area contributed by atoms with Gasteiger partial charge in [0.1, 0.15) is 6.04 Å². The maximum Gasteiger partial charge on any atom is 0.279 e. The molecule has 23 heavy (non-hydrogen) atoms. The van der Waals surface area contributed by atoms with Crippen molar-refractivity contribution < 1.29 is 9.69 Å². The summed E-state index contributed by atoms with van der Waals surface area (Å²) < 4.78 is 2.18. The lowest BCUT2D eigenvalue weighted by Gasteiger charge is -2.21. The molecule has 1 amide bonds. The van der Waals surface area contributed by atoms with Gasteiger partial charge >= 0.3 is 0 Å². The molecule has 2 aromatic rings. The third kappa shape index (κ3) is 3.64. The highest BCUT2D eigenvalue weighted by Crippen LogP contribution is 2.19. The number of carbonyl (C=O) groups excluding carboxylic acids is 1. The Balaban J connectivity index is 1.66. The number of carbonyl (C=O) groups is 1. The van der Waals surface area contributed by atoms with E-state index in [0.29, 0.717) is 12.6 Å². The summed E-state index contributed by atoms with van der Waals surface area (Å²) in [6.07, 6.45) is 4.42. The van der Waals surface area contributed by atoms with Gasteiger partial charge in [-0.2, -0.15) is 0 Å². The van der Waals surface area contributed by atoms with Gasteiger partial charge in [0.15, 0.2) is 6.54 Å². The summed E-state index contributed by atoms with van der Waals surface area (Å²) in [6.45, 7) is 5.71. The van der Waals surface area contributed by atoms with Crippen LogP contribution in [0.5, 0.6) is 0 Å². The Morgan fingerprint density at radius 1 is 1.30 bits per heavy atom. The van der Waals surface area contributed by atoms with Crippen molar-refractivity contribution in [2.45, 2.75) is 32.7 Å². The Morgan fingerprint density at radius 2 is 2.04 bits per heavy atom. The van der Waals surface area contributed by atoms with Gasteiger partial charge in [-0.05, 0) is 49.2 Å². The number of quaternary nitrogens is 1. The van der Waals surface area contributed by atoms with Gasteiger partial charge < -0.3 is 14.8 Å². The Bertz CT molecular complexity index is 684. The lowest BCUT2D eigenvalue weighted by atomic mass is 10.1. The summed E-state index contributed by atoms with van der Waals surface area (Å²) in [6, 6.07) is 10.9. The van der Waals surface area contributed by atoms with Crippen LogP contribution in [0.4, 0.5) is 5.69 Å². The van der Waals surface area contributed by atoms with Crippen LogP contribution in [0.1, 0.15) is 35.7 Å². The zero-order chi connectivity index (χ0) is 16.4. The minimum atomic E-state index is 0.103. The average molecular weight is 312 g/mol. The van der Waals surface area contributed by atoms with Crippen molar-refractivity contribution >= 4 is 11.6 Å². The number of nitrogens with zero attached hydrogens (tertiary/aromatic N) is 1. The normalized spacial score (nSPS) is 20.7. The summed E-state index contributed by atoms with van der Waals surface area (Å²) in [4.78, 5) is 13.8. The first-order chi connectivity index (χ1) is 11.0. The van der Waals surface area contributed by atoms with Gasteiger partial charge in [-0.3, -0.25) is 4.79 Å². The van der Waals surface area contributed by atoms with Gasteiger partial charge in [0.2, 0.25) is 0 Å². The Morgan fingerprint density at radius 3 is 2.70 bits per heavy atom. The monoisotopic (exact) mass is 312 g/mol. The minimum absolute atomic E-state index is 0.103. The summed E-state index contributed by atoms with van der Waals surface area (Å²) in [5.41, 5.74) is 4.59. The highest BCUT2D eigenvalue weighted by atomic mass is 16.2. The predicted octanol–water partition coefficient (Wildman–Crippen LogP) is 2.00. The van der Waals surface area contributed by atoms with E-state index in [2.05, 4.69) is 55.2 Å². The Kier molecular flexibility index (Phi) is 4.53. The van der Waals surface area contributed by atoms with Crippen LogP contribution in [0.25, 0.3) is 0 Å². The van der Waals surface area contributed by atoms with Crippen molar-refractivity contribution in [3.8, 4) is 0 Å². The summed E-state index contributed by atoms with van der Waals surface area (Å²) in [7, 11) is 2.08. The molecule has 4 nitrogen and oxygen atoms in total. The highest BCUT2D eigenvalue weighted by Gasteiger charge is 2.32. The average Bonchev–Trinajstić information content (AvgIpc) is 3.06. The molecule has 1 aromatic heterocycles. The van der Waals surface area contributed by atoms with E-state index in [4.69, 9.17) is 0 Å². The number of hydrogen-bond acceptors (Lipinski definition) is 1. The van der Waals surface area contributed by atoms with Gasteiger partial charge in [0.05, 0.1) is 12.2 Å². The number of aryl methyl sites for hydroxylation is 3. The SMILES string of the molecule is Cc1cc(C)cc(NC(=O)C[NH+]2CCC[C@H]2c2cccn2C)c1. The Hall–Kier alpha value is -2.07. The van der Waals surface area contributed by atoms with Gasteiger partial charge in [-0.1, -0.05) is 6.07 Å². The molecule has 4 heteroatoms. The smallest absolute Gasteiger partial charge is 0.279 e. The first-order valence-corrected chi connectivity index (χ1v) is 8.37. The minimum Gasteiger partial charge on any atom is -0.350 e. The number of hydrogen-bond donors (Lipinski definition) is 2. The molecule has 1 aliphatic rings. The van der Waals surface area contributed by atoms with Crippen LogP contribution in [0.15, 0.2) is 36.5 Å². The predicted molar refractivity (Wildman–Crippen MR) is 92.6 cm³/mol. The molecule has 1 saturated heterocycles. The van der Waals surface area contributed by atoms with Crippen LogP contribution in [0, 0.1) is 13.8 Å². The number of nitrogens with one attached hydrogen (secondary N) is 2. The van der Waals surface area contributed by atoms with E-state index in [1.54, 1.807) is 0 Å². The second-order valence-electron chi connectivity index (χ2n) is 6.75. The Labute approximate surface area is 138 Å². The molecule has 2 atom stereocenters. The molecule has 0 saturated carbocycles. The molecule has 1 aromatic carbocycles. The van der Waals surface area contributed by atoms with E-state index in [1.165, 1.54) is 28.1 Å². The molecule has 0 radical (unpaired) electrons. The van der Waals surface area contributed by atoms with Crippen LogP contribution >= 0.6 is 0 Å². The number of likely N-dealkylation sites (tertiary alicyclic amines) is 1. The third-order valence-corrected chi connectivity index (χ3v) is 4.72. The summed E-state index contributed by atoms with van der Waals surface area (Å²) in [5, 5.41) is 3.06. The van der Waals surface area contributed by atoms with Crippen molar-refractivity contribution in [2.24, 2.45) is 7.05 Å². The first kappa shape index (κ1) is 15.8. The van der Waals surface area contributed by atoms with Crippen LogP contribution in [-0.4, -0.2) is 23.6 Å². The molecule has 1 aliphatic heterocycles. The summed E-state index contributed by atoms with van der Waals surface area (Å²) >= 11 is 0. The van der Waals surface area contributed by atoms with Crippen LogP contribution in [-0.2, 0) is 11.8 Å². The van der Waals surface area contributed by atoms with E-state index in [-0.39, 0.29) is 5.91 Å². The number of rotatable bonds is 4. The van der Waals surface area contributed by atoms with Gasteiger partial charge in [0.25, 0.3) is 5.91 Å². The highest BCUT2D eigenvalue weighted by molar-refractivity contribution is 5.91. The molecular formula is C19H26N3O+. The topological polar surface area (TPSA) is 38.5 Å². The van der Waals surface area contributed by atoms with Crippen LogP contribution < -0.4 is 10.2 Å². The van der Waals surface area contributed by atoms with Gasteiger partial charge in [-0.15, -0.1) is 0 Å². The van der Waals surface area contributed by atoms with E-state index in [1.807, 2.05) is 12.1 Å². The molecule has 2 heterocycles. The van der Waals surface area contributed by atoms with Crippen molar-refractivity contribution in [2.75, 3.05) is 18.4 Å². The van der Waals surface area contributed by atoms with Crippen molar-refractivity contribution in [3.05, 3.63) is 53.3 Å². The van der Waals surface area contributed by atoms with E-state index < -0.39 is 0 Å². The van der Waals surface area contributed by atoms with E-state index >= 15 is 0 Å². The maximum absolute atomic E-state index is 12.5. The fourth-order valence-electron chi connectivity index (χ4n) is 3.77. The fraction of sp³-hybridized carbons (Fsp3) is 0.421. The molecular weight excluding hydrogens is 286 g/mol. The van der Waals surface area contributed by atoms with Gasteiger partial charge in [0, 0.05) is 31.8 Å². The zero-order valence-corrected chi connectivity index (χ0v) is 14.2. The second kappa shape index (κ2) is 6.59. The molecule has 0 bridgehead atoms. The van der Waals surface area contributed by atoms with Crippen LogP contribution in [0.2, 0.25) is 0 Å². The molecule has 1 unspecified atom stereocenters. The quantitative estimate of drug-likeness (QED) is 0.890. The third-order valence-electron chi connectivity index (χ3n) is 4.72.